The van der Waals surface area contributed by atoms with Crippen molar-refractivity contribution in [2.45, 2.75) is 31.7 Å². The van der Waals surface area contributed by atoms with Crippen LogP contribution in [0.1, 0.15) is 26.2 Å². The Balaban J connectivity index is 2.28. The molecule has 0 aromatic heterocycles. The van der Waals surface area contributed by atoms with E-state index in [1.165, 1.54) is 11.0 Å². The molecule has 0 bridgehead atoms. The monoisotopic (exact) mass is 195 g/mol. The molecule has 0 unspecified atom stereocenters. The van der Waals surface area contributed by atoms with Gasteiger partial charge in [0, 0.05) is 11.6 Å². The molecular weight excluding hydrogens is 182 g/mol. The average Bonchev–Trinajstić information content (AvgIpc) is 2.31. The van der Waals surface area contributed by atoms with E-state index in [4.69, 9.17) is 0 Å². The average molecular weight is 195 g/mol. The van der Waals surface area contributed by atoms with Crippen molar-refractivity contribution in [3.8, 4) is 0 Å². The fourth-order valence-corrected chi connectivity index (χ4v) is 2.07. The first-order valence-electron chi connectivity index (χ1n) is 4.78. The van der Waals surface area contributed by atoms with Crippen molar-refractivity contribution in [2.24, 2.45) is 0 Å². The first-order valence-corrected chi connectivity index (χ1v) is 4.78. The molecule has 0 aromatic carbocycles. The van der Waals surface area contributed by atoms with Crippen LogP contribution in [0, 0.1) is 0 Å². The highest BCUT2D eigenvalue weighted by Gasteiger charge is 2.49. The van der Waals surface area contributed by atoms with Crippen LogP contribution in [0.25, 0.3) is 0 Å². The number of rotatable bonds is 2. The lowest BCUT2D eigenvalue weighted by Crippen LogP contribution is -2.59. The van der Waals surface area contributed by atoms with Crippen molar-refractivity contribution in [2.75, 3.05) is 6.61 Å². The maximum atomic E-state index is 11.6. The predicted molar refractivity (Wildman–Crippen MR) is 49.3 cm³/mol. The molecule has 1 fully saturated rings. The van der Waals surface area contributed by atoms with Crippen molar-refractivity contribution < 1.29 is 14.7 Å². The molecule has 14 heavy (non-hydrogen) atoms. The summed E-state index contributed by atoms with van der Waals surface area (Å²) in [5.41, 5.74) is -0.127. The van der Waals surface area contributed by atoms with Crippen molar-refractivity contribution in [3.05, 3.63) is 11.6 Å². The summed E-state index contributed by atoms with van der Waals surface area (Å²) < 4.78 is 0. The summed E-state index contributed by atoms with van der Waals surface area (Å²) in [6.07, 6.45) is 3.76. The molecule has 0 spiro atoms. The second-order valence-electron chi connectivity index (χ2n) is 4.04. The summed E-state index contributed by atoms with van der Waals surface area (Å²) in [5.74, 6) is -0.523. The Labute approximate surface area is 82.2 Å². The summed E-state index contributed by atoms with van der Waals surface area (Å²) in [6.45, 7) is 1.51. The number of aliphatic hydroxyl groups is 1. The number of carbonyl (C=O) groups excluding carboxylic acids is 2. The van der Waals surface area contributed by atoms with Crippen LogP contribution in [0.3, 0.4) is 0 Å². The fraction of sp³-hybridized carbons (Fsp3) is 0.600. The molecule has 0 saturated heterocycles. The van der Waals surface area contributed by atoms with E-state index in [0.29, 0.717) is 5.57 Å². The smallest absolute Gasteiger partial charge is 0.257 e. The molecule has 4 heteroatoms. The standard InChI is InChI=1S/C10H13NO3/c1-7-5-8(13)11(9(7)14)10(6-12)3-2-4-10/h5,12H,2-4,6H2,1H3. The Kier molecular flexibility index (Phi) is 1.96. The van der Waals surface area contributed by atoms with Crippen LogP contribution >= 0.6 is 0 Å². The van der Waals surface area contributed by atoms with Gasteiger partial charge in [0.1, 0.15) is 0 Å². The highest BCUT2D eigenvalue weighted by atomic mass is 16.3. The first kappa shape index (κ1) is 9.40. The molecule has 2 aliphatic rings. The Bertz CT molecular complexity index is 323. The Morgan fingerprint density at radius 2 is 2.14 bits per heavy atom. The van der Waals surface area contributed by atoms with Gasteiger partial charge in [0.2, 0.25) is 0 Å². The first-order chi connectivity index (χ1) is 6.60. The largest absolute Gasteiger partial charge is 0.394 e. The predicted octanol–water partition coefficient (Wildman–Crippen LogP) is 0.216. The van der Waals surface area contributed by atoms with E-state index in [0.717, 1.165) is 19.3 Å². The lowest BCUT2D eigenvalue weighted by molar-refractivity contribution is -0.151. The van der Waals surface area contributed by atoms with Gasteiger partial charge in [-0.2, -0.15) is 0 Å². The summed E-state index contributed by atoms with van der Waals surface area (Å²) in [6, 6.07) is 0. The van der Waals surface area contributed by atoms with E-state index in [1.807, 2.05) is 0 Å². The normalized spacial score (nSPS) is 25.0. The molecule has 1 aliphatic heterocycles. The number of hydrogen-bond donors (Lipinski definition) is 1. The SMILES string of the molecule is CC1=CC(=O)N(C2(CO)CCC2)C1=O. The topological polar surface area (TPSA) is 57.6 Å². The minimum Gasteiger partial charge on any atom is -0.394 e. The molecule has 0 atom stereocenters. The van der Waals surface area contributed by atoms with Crippen LogP contribution in [0.15, 0.2) is 11.6 Å². The third kappa shape index (κ3) is 1.04. The molecule has 0 radical (unpaired) electrons. The molecule has 2 rings (SSSR count). The second-order valence-corrected chi connectivity index (χ2v) is 4.04. The van der Waals surface area contributed by atoms with Gasteiger partial charge in [0.15, 0.2) is 0 Å². The van der Waals surface area contributed by atoms with E-state index >= 15 is 0 Å². The van der Waals surface area contributed by atoms with Crippen LogP contribution in [0.5, 0.6) is 0 Å². The molecule has 0 aromatic rings. The fourth-order valence-electron chi connectivity index (χ4n) is 2.07. The number of carbonyl (C=O) groups is 2. The van der Waals surface area contributed by atoms with Crippen LogP contribution in [0.2, 0.25) is 0 Å². The highest BCUT2D eigenvalue weighted by Crippen LogP contribution is 2.39. The Hall–Kier alpha value is -1.16. The van der Waals surface area contributed by atoms with Crippen molar-refractivity contribution in [3.63, 3.8) is 0 Å². The molecule has 1 heterocycles. The van der Waals surface area contributed by atoms with E-state index in [9.17, 15) is 14.7 Å². The van der Waals surface area contributed by atoms with E-state index < -0.39 is 5.54 Å². The summed E-state index contributed by atoms with van der Waals surface area (Å²) in [4.78, 5) is 24.4. The number of imide groups is 1. The van der Waals surface area contributed by atoms with Gasteiger partial charge in [-0.3, -0.25) is 14.5 Å². The quantitative estimate of drug-likeness (QED) is 0.641. The maximum absolute atomic E-state index is 11.6. The van der Waals surface area contributed by atoms with Crippen LogP contribution in [0.4, 0.5) is 0 Å². The van der Waals surface area contributed by atoms with Gasteiger partial charge in [-0.25, -0.2) is 0 Å². The second kappa shape index (κ2) is 2.92. The van der Waals surface area contributed by atoms with Gasteiger partial charge in [-0.15, -0.1) is 0 Å². The minimum absolute atomic E-state index is 0.119. The zero-order valence-electron chi connectivity index (χ0n) is 8.12. The summed E-state index contributed by atoms with van der Waals surface area (Å²) in [7, 11) is 0. The highest BCUT2D eigenvalue weighted by molar-refractivity contribution is 6.16. The van der Waals surface area contributed by atoms with E-state index in [-0.39, 0.29) is 18.4 Å². The summed E-state index contributed by atoms with van der Waals surface area (Å²) in [5, 5.41) is 9.25. The lowest BCUT2D eigenvalue weighted by atomic mass is 9.76. The lowest BCUT2D eigenvalue weighted by Gasteiger charge is -2.46. The van der Waals surface area contributed by atoms with Gasteiger partial charge in [0.05, 0.1) is 12.1 Å². The van der Waals surface area contributed by atoms with Crippen molar-refractivity contribution in [1.29, 1.82) is 0 Å². The zero-order valence-corrected chi connectivity index (χ0v) is 8.12. The van der Waals surface area contributed by atoms with Crippen molar-refractivity contribution in [1.82, 2.24) is 4.90 Å². The van der Waals surface area contributed by atoms with Crippen molar-refractivity contribution >= 4 is 11.8 Å². The van der Waals surface area contributed by atoms with Gasteiger partial charge >= 0.3 is 0 Å². The van der Waals surface area contributed by atoms with E-state index in [2.05, 4.69) is 0 Å². The molecule has 2 amide bonds. The zero-order chi connectivity index (χ0) is 10.3. The van der Waals surface area contributed by atoms with Gasteiger partial charge in [-0.05, 0) is 26.2 Å². The number of hydrogen-bond acceptors (Lipinski definition) is 3. The maximum Gasteiger partial charge on any atom is 0.257 e. The third-order valence-electron chi connectivity index (χ3n) is 3.15. The number of nitrogens with zero attached hydrogens (tertiary/aromatic N) is 1. The molecule has 76 valence electrons. The molecule has 1 saturated carbocycles. The molecular formula is C10H13NO3. The Morgan fingerprint density at radius 1 is 1.50 bits per heavy atom. The van der Waals surface area contributed by atoms with Gasteiger partial charge < -0.3 is 5.11 Å². The van der Waals surface area contributed by atoms with Gasteiger partial charge in [0.25, 0.3) is 11.8 Å². The Morgan fingerprint density at radius 3 is 2.43 bits per heavy atom. The molecule has 1 N–H and O–H groups in total. The number of aliphatic hydroxyl groups excluding tert-OH is 1. The summed E-state index contributed by atoms with van der Waals surface area (Å²) >= 11 is 0. The van der Waals surface area contributed by atoms with Crippen LogP contribution in [-0.4, -0.2) is 34.0 Å². The molecule has 1 aliphatic carbocycles. The minimum atomic E-state index is -0.595. The molecule has 4 nitrogen and oxygen atoms in total. The third-order valence-corrected chi connectivity index (χ3v) is 3.15. The van der Waals surface area contributed by atoms with Crippen LogP contribution in [-0.2, 0) is 9.59 Å². The van der Waals surface area contributed by atoms with Gasteiger partial charge in [-0.1, -0.05) is 0 Å². The van der Waals surface area contributed by atoms with Crippen LogP contribution < -0.4 is 0 Å². The van der Waals surface area contributed by atoms with E-state index in [1.54, 1.807) is 6.92 Å². The number of amides is 2.